The van der Waals surface area contributed by atoms with Crippen molar-refractivity contribution in [3.63, 3.8) is 0 Å². The Bertz CT molecular complexity index is 1170. The second-order valence-electron chi connectivity index (χ2n) is 7.46. The number of carbonyl (C=O) groups excluding carboxylic acids is 1. The summed E-state index contributed by atoms with van der Waals surface area (Å²) in [5.41, 5.74) is 6.37. The van der Waals surface area contributed by atoms with Crippen LogP contribution in [0.3, 0.4) is 0 Å². The number of aromatic nitrogens is 2. The summed E-state index contributed by atoms with van der Waals surface area (Å²) in [4.78, 5) is 12.6. The molecule has 5 heteroatoms. The largest absolute Gasteiger partial charge is 0.441 e. The van der Waals surface area contributed by atoms with Gasteiger partial charge in [0.2, 0.25) is 0 Å². The molecule has 0 saturated heterocycles. The van der Waals surface area contributed by atoms with Crippen molar-refractivity contribution in [2.24, 2.45) is 7.05 Å². The summed E-state index contributed by atoms with van der Waals surface area (Å²) in [6, 6.07) is 28.0. The summed E-state index contributed by atoms with van der Waals surface area (Å²) in [5, 5.41) is 7.52. The molecule has 3 aromatic carbocycles. The van der Waals surface area contributed by atoms with Gasteiger partial charge in [-0.25, -0.2) is 4.79 Å². The summed E-state index contributed by atoms with van der Waals surface area (Å²) >= 11 is 0. The third kappa shape index (κ3) is 4.51. The zero-order valence-electron chi connectivity index (χ0n) is 17.9. The van der Waals surface area contributed by atoms with E-state index in [4.69, 9.17) is 4.74 Å². The first-order chi connectivity index (χ1) is 15.0. The molecule has 0 aliphatic carbocycles. The van der Waals surface area contributed by atoms with Gasteiger partial charge in [0.05, 0.1) is 11.4 Å². The van der Waals surface area contributed by atoms with Crippen LogP contribution >= 0.6 is 0 Å². The maximum absolute atomic E-state index is 12.6. The van der Waals surface area contributed by atoms with E-state index in [1.807, 2.05) is 81.6 Å². The van der Waals surface area contributed by atoms with Crippen LogP contribution in [0.1, 0.15) is 24.3 Å². The Morgan fingerprint density at radius 2 is 1.42 bits per heavy atom. The normalized spacial score (nSPS) is 11.7. The molecule has 0 bridgehead atoms. The van der Waals surface area contributed by atoms with Crippen molar-refractivity contribution in [1.82, 2.24) is 9.78 Å². The maximum atomic E-state index is 12.6. The van der Waals surface area contributed by atoms with Gasteiger partial charge < -0.3 is 4.74 Å². The van der Waals surface area contributed by atoms with E-state index in [2.05, 4.69) is 34.7 Å². The van der Waals surface area contributed by atoms with Gasteiger partial charge in [0.1, 0.15) is 11.8 Å². The third-order valence-corrected chi connectivity index (χ3v) is 5.38. The molecule has 1 heterocycles. The number of rotatable bonds is 5. The molecule has 1 atom stereocenters. The first-order valence-electron chi connectivity index (χ1n) is 10.2. The van der Waals surface area contributed by atoms with Crippen molar-refractivity contribution >= 4 is 11.8 Å². The smallest absolute Gasteiger partial charge is 0.412 e. The van der Waals surface area contributed by atoms with Crippen LogP contribution in [0.15, 0.2) is 84.9 Å². The van der Waals surface area contributed by atoms with Crippen LogP contribution in [0.5, 0.6) is 0 Å². The Hall–Kier alpha value is -3.86. The second-order valence-corrected chi connectivity index (χ2v) is 7.46. The predicted molar refractivity (Wildman–Crippen MR) is 124 cm³/mol. The molecule has 0 radical (unpaired) electrons. The number of hydrogen-bond acceptors (Lipinski definition) is 3. The van der Waals surface area contributed by atoms with Gasteiger partial charge in [-0.1, -0.05) is 84.9 Å². The highest BCUT2D eigenvalue weighted by molar-refractivity contribution is 5.91. The van der Waals surface area contributed by atoms with E-state index in [9.17, 15) is 4.79 Å². The Morgan fingerprint density at radius 1 is 0.871 bits per heavy atom. The van der Waals surface area contributed by atoms with Crippen LogP contribution < -0.4 is 5.32 Å². The lowest BCUT2D eigenvalue weighted by atomic mass is 10.0. The highest BCUT2D eigenvalue weighted by atomic mass is 16.6. The first-order valence-corrected chi connectivity index (χ1v) is 10.2. The fraction of sp³-hybridized carbons (Fsp3) is 0.154. The molecule has 0 aliphatic heterocycles. The van der Waals surface area contributed by atoms with Crippen molar-refractivity contribution in [3.05, 3.63) is 96.2 Å². The molecule has 0 saturated carbocycles. The predicted octanol–water partition coefficient (Wildman–Crippen LogP) is 6.37. The maximum Gasteiger partial charge on any atom is 0.412 e. The average Bonchev–Trinajstić information content (AvgIpc) is 3.08. The fourth-order valence-corrected chi connectivity index (χ4v) is 3.50. The molecule has 0 aliphatic rings. The molecule has 1 N–H and O–H groups in total. The van der Waals surface area contributed by atoms with E-state index < -0.39 is 6.09 Å². The Labute approximate surface area is 182 Å². The minimum atomic E-state index is -0.505. The zero-order valence-corrected chi connectivity index (χ0v) is 17.9. The minimum Gasteiger partial charge on any atom is -0.441 e. The number of amides is 1. The number of nitrogens with one attached hydrogen (secondary N) is 1. The lowest BCUT2D eigenvalue weighted by molar-refractivity contribution is 0.121. The SMILES string of the molecule is Cc1c(NC(=O)O[C@H](C)c2ccccc2)c(-c2ccc(-c3ccccc3)cc2)nn1C. The average molecular weight is 412 g/mol. The minimum absolute atomic E-state index is 0.355. The van der Waals surface area contributed by atoms with E-state index in [1.165, 1.54) is 0 Å². The van der Waals surface area contributed by atoms with E-state index >= 15 is 0 Å². The highest BCUT2D eigenvalue weighted by Crippen LogP contribution is 2.32. The molecule has 1 aromatic heterocycles. The Balaban J connectivity index is 1.55. The van der Waals surface area contributed by atoms with Crippen LogP contribution in [0.25, 0.3) is 22.4 Å². The van der Waals surface area contributed by atoms with Gasteiger partial charge in [-0.05, 0) is 30.5 Å². The highest BCUT2D eigenvalue weighted by Gasteiger charge is 2.19. The van der Waals surface area contributed by atoms with Gasteiger partial charge in [-0.15, -0.1) is 0 Å². The number of anilines is 1. The number of ether oxygens (including phenoxy) is 1. The molecule has 4 aromatic rings. The van der Waals surface area contributed by atoms with Crippen LogP contribution in [0.4, 0.5) is 10.5 Å². The number of nitrogens with zero attached hydrogens (tertiary/aromatic N) is 2. The Morgan fingerprint density at radius 3 is 2.06 bits per heavy atom. The van der Waals surface area contributed by atoms with Crippen LogP contribution in [0.2, 0.25) is 0 Å². The number of carbonyl (C=O) groups is 1. The summed E-state index contributed by atoms with van der Waals surface area (Å²) in [5.74, 6) is 0. The van der Waals surface area contributed by atoms with Crippen molar-refractivity contribution in [2.45, 2.75) is 20.0 Å². The quantitative estimate of drug-likeness (QED) is 0.415. The number of benzene rings is 3. The van der Waals surface area contributed by atoms with E-state index in [1.54, 1.807) is 4.68 Å². The second kappa shape index (κ2) is 8.88. The van der Waals surface area contributed by atoms with Gasteiger partial charge in [-0.2, -0.15) is 5.10 Å². The summed E-state index contributed by atoms with van der Waals surface area (Å²) in [6.45, 7) is 3.78. The molecule has 31 heavy (non-hydrogen) atoms. The van der Waals surface area contributed by atoms with Gasteiger partial charge in [0.15, 0.2) is 0 Å². The third-order valence-electron chi connectivity index (χ3n) is 5.38. The number of aryl methyl sites for hydroxylation is 1. The molecular formula is C26H25N3O2. The first kappa shape index (κ1) is 20.4. The van der Waals surface area contributed by atoms with Crippen molar-refractivity contribution in [2.75, 3.05) is 5.32 Å². The van der Waals surface area contributed by atoms with Gasteiger partial charge in [0, 0.05) is 12.6 Å². The lowest BCUT2D eigenvalue weighted by Crippen LogP contribution is -2.16. The van der Waals surface area contributed by atoms with Crippen molar-refractivity contribution < 1.29 is 9.53 Å². The van der Waals surface area contributed by atoms with Crippen LogP contribution in [-0.4, -0.2) is 15.9 Å². The summed E-state index contributed by atoms with van der Waals surface area (Å²) in [7, 11) is 1.86. The van der Waals surface area contributed by atoms with Crippen LogP contribution in [0, 0.1) is 6.92 Å². The molecule has 156 valence electrons. The standard InChI is InChI=1S/C26H25N3O2/c1-18-24(27-26(30)31-19(2)20-10-6-4-7-11-20)25(28-29(18)3)23-16-14-22(15-17-23)21-12-8-5-9-13-21/h4-17,19H,1-3H3,(H,27,30)/t19-/m1/s1. The van der Waals surface area contributed by atoms with Crippen molar-refractivity contribution in [1.29, 1.82) is 0 Å². The van der Waals surface area contributed by atoms with Crippen LogP contribution in [-0.2, 0) is 11.8 Å². The monoisotopic (exact) mass is 411 g/mol. The molecule has 4 rings (SSSR count). The summed E-state index contributed by atoms with van der Waals surface area (Å²) in [6.07, 6.45) is -0.860. The Kier molecular flexibility index (Phi) is 5.85. The molecule has 0 spiro atoms. The molecule has 0 fully saturated rings. The van der Waals surface area contributed by atoms with Gasteiger partial charge in [-0.3, -0.25) is 10.00 Å². The molecular weight excluding hydrogens is 386 g/mol. The molecule has 5 nitrogen and oxygen atoms in total. The summed E-state index contributed by atoms with van der Waals surface area (Å²) < 4.78 is 7.35. The van der Waals surface area contributed by atoms with E-state index in [-0.39, 0.29) is 6.10 Å². The molecule has 1 amide bonds. The fourth-order valence-electron chi connectivity index (χ4n) is 3.50. The molecule has 0 unspecified atom stereocenters. The topological polar surface area (TPSA) is 56.1 Å². The van der Waals surface area contributed by atoms with Crippen molar-refractivity contribution in [3.8, 4) is 22.4 Å². The van der Waals surface area contributed by atoms with E-state index in [0.29, 0.717) is 11.4 Å². The van der Waals surface area contributed by atoms with Gasteiger partial charge in [0.25, 0.3) is 0 Å². The van der Waals surface area contributed by atoms with E-state index in [0.717, 1.165) is 27.9 Å². The van der Waals surface area contributed by atoms with Gasteiger partial charge >= 0.3 is 6.09 Å². The zero-order chi connectivity index (χ0) is 21.8. The lowest BCUT2D eigenvalue weighted by Gasteiger charge is -2.14. The number of hydrogen-bond donors (Lipinski definition) is 1.